The van der Waals surface area contributed by atoms with Gasteiger partial charge >= 0.3 is 0 Å². The minimum absolute atomic E-state index is 0.0700. The molecule has 1 aromatic carbocycles. The molecule has 0 fully saturated rings. The molecule has 5 aliphatic rings. The van der Waals surface area contributed by atoms with Crippen molar-refractivity contribution in [3.63, 3.8) is 0 Å². The van der Waals surface area contributed by atoms with Gasteiger partial charge in [0.25, 0.3) is 0 Å². The summed E-state index contributed by atoms with van der Waals surface area (Å²) in [5.74, 6) is -0.570. The molecular formula is C26H14ClFN4. The normalized spacial score (nSPS) is 20.9. The van der Waals surface area contributed by atoms with E-state index in [4.69, 9.17) is 11.6 Å². The second-order valence-corrected chi connectivity index (χ2v) is 7.87. The van der Waals surface area contributed by atoms with Crippen LogP contribution in [0.3, 0.4) is 0 Å². The molecule has 0 saturated carbocycles. The highest BCUT2D eigenvalue weighted by molar-refractivity contribution is 6.47. The first-order valence-electron chi connectivity index (χ1n) is 10.0. The first-order valence-corrected chi connectivity index (χ1v) is 10.4. The Morgan fingerprint density at radius 3 is 1.97 bits per heavy atom. The minimum Gasteiger partial charge on any atom is -0.249 e. The molecule has 8 bridgehead atoms. The molecule has 5 aliphatic heterocycles. The predicted molar refractivity (Wildman–Crippen MR) is 129 cm³/mol. The van der Waals surface area contributed by atoms with Crippen molar-refractivity contribution in [3.05, 3.63) is 124 Å². The third-order valence-electron chi connectivity index (χ3n) is 5.31. The van der Waals surface area contributed by atoms with Crippen molar-refractivity contribution in [1.29, 1.82) is 0 Å². The third kappa shape index (κ3) is 3.24. The Morgan fingerprint density at radius 2 is 1.25 bits per heavy atom. The number of aliphatic imine (C=N–C) groups is 4. The van der Waals surface area contributed by atoms with Crippen molar-refractivity contribution in [2.45, 2.75) is 0 Å². The lowest BCUT2D eigenvalue weighted by molar-refractivity contribution is 0.672. The van der Waals surface area contributed by atoms with E-state index in [-0.39, 0.29) is 16.4 Å². The van der Waals surface area contributed by atoms with Crippen molar-refractivity contribution in [1.82, 2.24) is 0 Å². The van der Waals surface area contributed by atoms with E-state index in [0.717, 1.165) is 22.7 Å². The minimum atomic E-state index is -0.570. The van der Waals surface area contributed by atoms with Gasteiger partial charge in [0.15, 0.2) is 5.83 Å². The molecule has 0 amide bonds. The van der Waals surface area contributed by atoms with Crippen LogP contribution in [0.1, 0.15) is 5.56 Å². The van der Waals surface area contributed by atoms with Crippen molar-refractivity contribution >= 4 is 40.0 Å². The van der Waals surface area contributed by atoms with Crippen LogP contribution in [0.4, 0.5) is 4.39 Å². The summed E-state index contributed by atoms with van der Waals surface area (Å²) in [6.45, 7) is 0. The van der Waals surface area contributed by atoms with Gasteiger partial charge in [-0.15, -0.1) is 0 Å². The second-order valence-electron chi connectivity index (χ2n) is 7.49. The molecule has 5 heterocycles. The maximum atomic E-state index is 15.5. The Morgan fingerprint density at radius 1 is 0.625 bits per heavy atom. The predicted octanol–water partition coefficient (Wildman–Crippen LogP) is 5.97. The number of halogens is 2. The maximum Gasteiger partial charge on any atom is 0.175 e. The van der Waals surface area contributed by atoms with Crippen LogP contribution in [0.25, 0.3) is 5.57 Å². The van der Waals surface area contributed by atoms with Crippen LogP contribution < -0.4 is 0 Å². The molecule has 0 unspecified atom stereocenters. The van der Waals surface area contributed by atoms with E-state index in [2.05, 4.69) is 20.0 Å². The Kier molecular flexibility index (Phi) is 4.30. The fourth-order valence-corrected chi connectivity index (χ4v) is 4.17. The van der Waals surface area contributed by atoms with Gasteiger partial charge in [-0.25, -0.2) is 24.4 Å². The number of allylic oxidation sites excluding steroid dienone is 12. The molecule has 0 radical (unpaired) electrons. The van der Waals surface area contributed by atoms with Gasteiger partial charge in [-0.3, -0.25) is 0 Å². The van der Waals surface area contributed by atoms with Crippen LogP contribution >= 0.6 is 11.6 Å². The molecule has 152 valence electrons. The lowest BCUT2D eigenvalue weighted by Crippen LogP contribution is -1.97. The fourth-order valence-electron chi connectivity index (χ4n) is 3.84. The molecule has 1 aromatic rings. The number of hydrogen-bond donors (Lipinski definition) is 0. The Balaban J connectivity index is 1.58. The van der Waals surface area contributed by atoms with Crippen LogP contribution in [0, 0.1) is 0 Å². The Hall–Kier alpha value is -3.96. The van der Waals surface area contributed by atoms with Crippen LogP contribution in [-0.4, -0.2) is 22.8 Å². The number of nitrogens with zero attached hydrogens (tertiary/aromatic N) is 4. The summed E-state index contributed by atoms with van der Waals surface area (Å²) in [4.78, 5) is 18.2. The van der Waals surface area contributed by atoms with Gasteiger partial charge in [0.1, 0.15) is 11.4 Å². The van der Waals surface area contributed by atoms with Gasteiger partial charge in [0.2, 0.25) is 0 Å². The second kappa shape index (κ2) is 7.32. The van der Waals surface area contributed by atoms with E-state index >= 15 is 4.39 Å². The highest BCUT2D eigenvalue weighted by Crippen LogP contribution is 2.39. The topological polar surface area (TPSA) is 49.4 Å². The molecule has 0 spiro atoms. The molecule has 6 heteroatoms. The standard InChI is InChI=1S/C26H14ClFN4/c27-24-23(15-4-2-1-3-5-15)22-14-20-9-8-17(30-20)12-16-6-7-18(29-16)13-19-10-11-21(31-19)25(28)26(24)32-22/h1-14H. The lowest BCUT2D eigenvalue weighted by atomic mass is 10.0. The van der Waals surface area contributed by atoms with E-state index in [1.807, 2.05) is 66.8 Å². The largest absolute Gasteiger partial charge is 0.249 e. The molecule has 0 atom stereocenters. The molecule has 32 heavy (non-hydrogen) atoms. The highest BCUT2D eigenvalue weighted by Gasteiger charge is 2.28. The monoisotopic (exact) mass is 436 g/mol. The van der Waals surface area contributed by atoms with Crippen LogP contribution in [0.2, 0.25) is 0 Å². The van der Waals surface area contributed by atoms with Gasteiger partial charge in [0, 0.05) is 5.57 Å². The molecule has 0 N–H and O–H groups in total. The van der Waals surface area contributed by atoms with Gasteiger partial charge in [-0.05, 0) is 60.2 Å². The van der Waals surface area contributed by atoms with Crippen LogP contribution in [0.15, 0.2) is 139 Å². The molecule has 4 nitrogen and oxygen atoms in total. The van der Waals surface area contributed by atoms with E-state index in [0.29, 0.717) is 22.7 Å². The first kappa shape index (κ1) is 18.8. The molecule has 0 aliphatic carbocycles. The van der Waals surface area contributed by atoms with Crippen molar-refractivity contribution in [2.75, 3.05) is 0 Å². The summed E-state index contributed by atoms with van der Waals surface area (Å²) < 4.78 is 15.5. The van der Waals surface area contributed by atoms with Gasteiger partial charge in [-0.1, -0.05) is 41.9 Å². The Bertz CT molecular complexity index is 1450. The summed E-state index contributed by atoms with van der Waals surface area (Å²) in [6, 6.07) is 9.59. The van der Waals surface area contributed by atoms with Gasteiger partial charge in [-0.2, -0.15) is 0 Å². The zero-order valence-electron chi connectivity index (χ0n) is 16.6. The molecule has 0 saturated heterocycles. The van der Waals surface area contributed by atoms with Gasteiger partial charge in [0.05, 0.1) is 39.3 Å². The number of hydrogen-bond acceptors (Lipinski definition) is 4. The molecular weight excluding hydrogens is 423 g/mol. The maximum absolute atomic E-state index is 15.5. The summed E-state index contributed by atoms with van der Waals surface area (Å²) in [5, 5.41) is 0.248. The highest BCUT2D eigenvalue weighted by atomic mass is 35.5. The third-order valence-corrected chi connectivity index (χ3v) is 5.68. The van der Waals surface area contributed by atoms with Crippen molar-refractivity contribution in [3.8, 4) is 0 Å². The molecule has 6 rings (SSSR count). The zero-order chi connectivity index (χ0) is 21.7. The summed E-state index contributed by atoms with van der Waals surface area (Å²) in [7, 11) is 0. The lowest BCUT2D eigenvalue weighted by Gasteiger charge is -2.05. The van der Waals surface area contributed by atoms with Crippen LogP contribution in [0.5, 0.6) is 0 Å². The van der Waals surface area contributed by atoms with Gasteiger partial charge < -0.3 is 0 Å². The van der Waals surface area contributed by atoms with Crippen LogP contribution in [-0.2, 0) is 0 Å². The average molecular weight is 437 g/mol. The average Bonchev–Trinajstić information content (AvgIpc) is 3.58. The smallest absolute Gasteiger partial charge is 0.175 e. The number of fused-ring (bicyclic) bond motifs is 4. The zero-order valence-corrected chi connectivity index (χ0v) is 17.4. The summed E-state index contributed by atoms with van der Waals surface area (Å²) >= 11 is 6.70. The van der Waals surface area contributed by atoms with E-state index in [1.165, 1.54) is 0 Å². The van der Waals surface area contributed by atoms with Crippen molar-refractivity contribution < 1.29 is 4.39 Å². The number of rotatable bonds is 1. The van der Waals surface area contributed by atoms with E-state index < -0.39 is 5.83 Å². The van der Waals surface area contributed by atoms with E-state index in [1.54, 1.807) is 18.2 Å². The summed E-state index contributed by atoms with van der Waals surface area (Å²) in [5.41, 5.74) is 5.94. The quantitative estimate of drug-likeness (QED) is 0.520. The first-order chi connectivity index (χ1) is 15.6. The van der Waals surface area contributed by atoms with Crippen molar-refractivity contribution in [2.24, 2.45) is 20.0 Å². The van der Waals surface area contributed by atoms with E-state index in [9.17, 15) is 0 Å². The SMILES string of the molecule is FC1=C2N=C(C=C3C=CC(=N3)C=C3C=CC(=N3)C=C3C=CC1=N3)C(c1ccccc1)=C2Cl. The molecule has 0 aromatic heterocycles. The summed E-state index contributed by atoms with van der Waals surface area (Å²) in [6.07, 6.45) is 16.5. The fraction of sp³-hybridized carbons (Fsp3) is 0. The number of benzene rings is 1. The Labute approximate surface area is 188 Å².